The molecule has 1 saturated heterocycles. The molecule has 1 aromatic carbocycles. The summed E-state index contributed by atoms with van der Waals surface area (Å²) in [6.07, 6.45) is 3.97. The lowest BCUT2D eigenvalue weighted by molar-refractivity contribution is 0.184. The van der Waals surface area contributed by atoms with Gasteiger partial charge in [-0.15, -0.1) is 0 Å². The molecule has 2 rings (SSSR count). The SMILES string of the molecule is COCc1c(Br)cccc1NCC1CCCCN1C. The third kappa shape index (κ3) is 3.94. The molecule has 4 heteroatoms. The van der Waals surface area contributed by atoms with Crippen LogP contribution in [0.2, 0.25) is 0 Å². The Hall–Kier alpha value is -0.580. The van der Waals surface area contributed by atoms with E-state index in [1.807, 2.05) is 0 Å². The molecule has 0 spiro atoms. The normalized spacial score (nSPS) is 20.5. The highest BCUT2D eigenvalue weighted by Gasteiger charge is 2.18. The van der Waals surface area contributed by atoms with Crippen LogP contribution in [-0.2, 0) is 11.3 Å². The van der Waals surface area contributed by atoms with Gasteiger partial charge in [0.05, 0.1) is 6.61 Å². The molecule has 1 heterocycles. The van der Waals surface area contributed by atoms with Crippen molar-refractivity contribution < 1.29 is 4.74 Å². The summed E-state index contributed by atoms with van der Waals surface area (Å²) in [7, 11) is 3.96. The number of hydrogen-bond acceptors (Lipinski definition) is 3. The molecule has 0 amide bonds. The van der Waals surface area contributed by atoms with Crippen LogP contribution in [0, 0.1) is 0 Å². The first kappa shape index (κ1) is 14.8. The van der Waals surface area contributed by atoms with Gasteiger partial charge in [-0.1, -0.05) is 28.4 Å². The predicted octanol–water partition coefficient (Wildman–Crippen LogP) is 3.49. The summed E-state index contributed by atoms with van der Waals surface area (Å²) in [5.74, 6) is 0. The van der Waals surface area contributed by atoms with Crippen LogP contribution in [0.3, 0.4) is 0 Å². The maximum Gasteiger partial charge on any atom is 0.0744 e. The monoisotopic (exact) mass is 326 g/mol. The van der Waals surface area contributed by atoms with Crippen LogP contribution < -0.4 is 5.32 Å². The van der Waals surface area contributed by atoms with Gasteiger partial charge in [0.15, 0.2) is 0 Å². The Morgan fingerprint density at radius 1 is 1.42 bits per heavy atom. The number of methoxy groups -OCH3 is 1. The van der Waals surface area contributed by atoms with E-state index in [4.69, 9.17) is 4.74 Å². The molecule has 1 fully saturated rings. The molecule has 106 valence electrons. The molecule has 0 bridgehead atoms. The second-order valence-electron chi connectivity index (χ2n) is 5.21. The van der Waals surface area contributed by atoms with Crippen molar-refractivity contribution in [3.8, 4) is 0 Å². The fourth-order valence-corrected chi connectivity index (χ4v) is 3.13. The van der Waals surface area contributed by atoms with E-state index in [1.165, 1.54) is 37.1 Å². The third-order valence-corrected chi connectivity index (χ3v) is 4.60. The van der Waals surface area contributed by atoms with Crippen molar-refractivity contribution in [1.82, 2.24) is 4.90 Å². The van der Waals surface area contributed by atoms with Gasteiger partial charge >= 0.3 is 0 Å². The van der Waals surface area contributed by atoms with Gasteiger partial charge in [0.25, 0.3) is 0 Å². The summed E-state index contributed by atoms with van der Waals surface area (Å²) in [6.45, 7) is 2.85. The second kappa shape index (κ2) is 7.27. The molecular weight excluding hydrogens is 304 g/mol. The minimum absolute atomic E-state index is 0.629. The van der Waals surface area contributed by atoms with Crippen LogP contribution >= 0.6 is 15.9 Å². The predicted molar refractivity (Wildman–Crippen MR) is 83.6 cm³/mol. The number of benzene rings is 1. The highest BCUT2D eigenvalue weighted by atomic mass is 79.9. The molecule has 1 aliphatic rings. The summed E-state index contributed by atoms with van der Waals surface area (Å²) < 4.78 is 6.39. The number of hydrogen-bond donors (Lipinski definition) is 1. The fourth-order valence-electron chi connectivity index (χ4n) is 2.65. The topological polar surface area (TPSA) is 24.5 Å². The number of rotatable bonds is 5. The van der Waals surface area contributed by atoms with Crippen molar-refractivity contribution in [2.75, 3.05) is 32.6 Å². The molecule has 0 aromatic heterocycles. The van der Waals surface area contributed by atoms with Gasteiger partial charge in [-0.2, -0.15) is 0 Å². The maximum atomic E-state index is 5.28. The van der Waals surface area contributed by atoms with Crippen molar-refractivity contribution in [3.63, 3.8) is 0 Å². The number of nitrogens with one attached hydrogen (secondary N) is 1. The molecule has 1 N–H and O–H groups in total. The molecule has 3 nitrogen and oxygen atoms in total. The van der Waals surface area contributed by atoms with Crippen LogP contribution in [-0.4, -0.2) is 38.2 Å². The summed E-state index contributed by atoms with van der Waals surface area (Å²) in [5, 5.41) is 3.59. The molecular formula is C15H23BrN2O. The number of nitrogens with zero attached hydrogens (tertiary/aromatic N) is 1. The molecule has 1 aliphatic heterocycles. The zero-order valence-electron chi connectivity index (χ0n) is 11.8. The number of likely N-dealkylation sites (N-methyl/N-ethyl adjacent to an activating group) is 1. The molecule has 0 radical (unpaired) electrons. The van der Waals surface area contributed by atoms with Crippen molar-refractivity contribution >= 4 is 21.6 Å². The summed E-state index contributed by atoms with van der Waals surface area (Å²) in [5.41, 5.74) is 2.37. The third-order valence-electron chi connectivity index (χ3n) is 3.86. The average molecular weight is 327 g/mol. The van der Waals surface area contributed by atoms with E-state index >= 15 is 0 Å². The Bertz CT molecular complexity index is 411. The fraction of sp³-hybridized carbons (Fsp3) is 0.600. The minimum Gasteiger partial charge on any atom is -0.383 e. The first-order valence-corrected chi connectivity index (χ1v) is 7.72. The number of ether oxygens (including phenoxy) is 1. The van der Waals surface area contributed by atoms with E-state index in [9.17, 15) is 0 Å². The molecule has 1 aromatic rings. The highest BCUT2D eigenvalue weighted by molar-refractivity contribution is 9.10. The van der Waals surface area contributed by atoms with E-state index in [1.54, 1.807) is 7.11 Å². The summed E-state index contributed by atoms with van der Waals surface area (Å²) in [6, 6.07) is 6.90. The van der Waals surface area contributed by atoms with Gasteiger partial charge in [-0.3, -0.25) is 0 Å². The van der Waals surface area contributed by atoms with Crippen molar-refractivity contribution in [2.45, 2.75) is 31.9 Å². The first-order valence-electron chi connectivity index (χ1n) is 6.93. The zero-order chi connectivity index (χ0) is 13.7. The Balaban J connectivity index is 2.00. The van der Waals surface area contributed by atoms with Crippen molar-refractivity contribution in [1.29, 1.82) is 0 Å². The number of likely N-dealkylation sites (tertiary alicyclic amines) is 1. The van der Waals surface area contributed by atoms with E-state index in [-0.39, 0.29) is 0 Å². The van der Waals surface area contributed by atoms with E-state index in [2.05, 4.69) is 51.4 Å². The number of halogens is 1. The van der Waals surface area contributed by atoms with Crippen LogP contribution in [0.15, 0.2) is 22.7 Å². The first-order chi connectivity index (χ1) is 9.22. The molecule has 1 atom stereocenters. The van der Waals surface area contributed by atoms with Gasteiger partial charge in [-0.25, -0.2) is 0 Å². The lowest BCUT2D eigenvalue weighted by Gasteiger charge is -2.33. The molecule has 0 aliphatic carbocycles. The minimum atomic E-state index is 0.629. The zero-order valence-corrected chi connectivity index (χ0v) is 13.4. The summed E-state index contributed by atoms with van der Waals surface area (Å²) in [4.78, 5) is 2.46. The van der Waals surface area contributed by atoms with Crippen molar-refractivity contribution in [3.05, 3.63) is 28.2 Å². The largest absolute Gasteiger partial charge is 0.383 e. The van der Waals surface area contributed by atoms with Gasteiger partial charge in [0.2, 0.25) is 0 Å². The standard InChI is InChI=1S/C15H23BrN2O/c1-18-9-4-3-6-12(18)10-17-15-8-5-7-14(16)13(15)11-19-2/h5,7-8,12,17H,3-4,6,9-11H2,1-2H3. The number of piperidine rings is 1. The summed E-state index contributed by atoms with van der Waals surface area (Å²) >= 11 is 3.60. The van der Waals surface area contributed by atoms with E-state index in [0.717, 1.165) is 11.0 Å². The maximum absolute atomic E-state index is 5.28. The van der Waals surface area contributed by atoms with Crippen molar-refractivity contribution in [2.24, 2.45) is 0 Å². The second-order valence-corrected chi connectivity index (χ2v) is 6.06. The Morgan fingerprint density at radius 3 is 3.00 bits per heavy atom. The van der Waals surface area contributed by atoms with Gasteiger partial charge < -0.3 is 15.0 Å². The molecule has 1 unspecified atom stereocenters. The van der Waals surface area contributed by atoms with E-state index < -0.39 is 0 Å². The van der Waals surface area contributed by atoms with Crippen LogP contribution in [0.1, 0.15) is 24.8 Å². The smallest absolute Gasteiger partial charge is 0.0744 e. The Labute approximate surface area is 124 Å². The van der Waals surface area contributed by atoms with E-state index in [0.29, 0.717) is 12.6 Å². The Morgan fingerprint density at radius 2 is 2.26 bits per heavy atom. The Kier molecular flexibility index (Phi) is 5.67. The highest BCUT2D eigenvalue weighted by Crippen LogP contribution is 2.26. The quantitative estimate of drug-likeness (QED) is 0.896. The van der Waals surface area contributed by atoms with Crippen LogP contribution in [0.5, 0.6) is 0 Å². The lowest BCUT2D eigenvalue weighted by atomic mass is 10.0. The van der Waals surface area contributed by atoms with Gasteiger partial charge in [-0.05, 0) is 38.6 Å². The van der Waals surface area contributed by atoms with Gasteiger partial charge in [0, 0.05) is 35.4 Å². The van der Waals surface area contributed by atoms with Gasteiger partial charge in [0.1, 0.15) is 0 Å². The number of anilines is 1. The van der Waals surface area contributed by atoms with Crippen LogP contribution in [0.4, 0.5) is 5.69 Å². The molecule has 0 saturated carbocycles. The average Bonchev–Trinajstić information content (AvgIpc) is 2.41. The molecule has 19 heavy (non-hydrogen) atoms. The lowest BCUT2D eigenvalue weighted by Crippen LogP contribution is -2.40. The van der Waals surface area contributed by atoms with Crippen LogP contribution in [0.25, 0.3) is 0 Å².